The molecule has 2 aromatic carbocycles. The standard InChI is InChI=1S/C22H25FN2O/c1-4-25(5-2)19-9-6-17(7-10-19)21-12-8-18-14-20(26-16(3)15-23)11-13-22(18)24-21/h6-14,16H,4-5,15H2,1-3H3. The predicted octanol–water partition coefficient (Wildman–Crippen LogP) is 5.48. The summed E-state index contributed by atoms with van der Waals surface area (Å²) in [5.74, 6) is 0.667. The van der Waals surface area contributed by atoms with Crippen LogP contribution in [0.2, 0.25) is 0 Å². The van der Waals surface area contributed by atoms with Gasteiger partial charge >= 0.3 is 0 Å². The summed E-state index contributed by atoms with van der Waals surface area (Å²) >= 11 is 0. The van der Waals surface area contributed by atoms with Gasteiger partial charge in [-0.05, 0) is 57.2 Å². The number of hydrogen-bond acceptors (Lipinski definition) is 3. The molecule has 0 N–H and O–H groups in total. The summed E-state index contributed by atoms with van der Waals surface area (Å²) < 4.78 is 18.1. The van der Waals surface area contributed by atoms with E-state index >= 15 is 0 Å². The second-order valence-electron chi connectivity index (χ2n) is 6.35. The van der Waals surface area contributed by atoms with Crippen LogP contribution in [0.15, 0.2) is 54.6 Å². The average molecular weight is 352 g/mol. The molecule has 136 valence electrons. The van der Waals surface area contributed by atoms with Gasteiger partial charge in [0.1, 0.15) is 18.5 Å². The number of nitrogens with zero attached hydrogens (tertiary/aromatic N) is 2. The van der Waals surface area contributed by atoms with E-state index < -0.39 is 12.8 Å². The van der Waals surface area contributed by atoms with Gasteiger partial charge in [-0.25, -0.2) is 9.37 Å². The number of halogens is 1. The zero-order valence-corrected chi connectivity index (χ0v) is 15.6. The molecule has 0 radical (unpaired) electrons. The molecule has 3 rings (SSSR count). The van der Waals surface area contributed by atoms with Gasteiger partial charge in [0.25, 0.3) is 0 Å². The van der Waals surface area contributed by atoms with Crippen LogP contribution in [0.1, 0.15) is 20.8 Å². The van der Waals surface area contributed by atoms with Gasteiger partial charge < -0.3 is 9.64 Å². The van der Waals surface area contributed by atoms with Crippen molar-refractivity contribution in [1.82, 2.24) is 4.98 Å². The number of benzene rings is 2. The van der Waals surface area contributed by atoms with Crippen LogP contribution < -0.4 is 9.64 Å². The molecule has 3 nitrogen and oxygen atoms in total. The van der Waals surface area contributed by atoms with Gasteiger partial charge in [0.2, 0.25) is 0 Å². The lowest BCUT2D eigenvalue weighted by molar-refractivity contribution is 0.182. The maximum absolute atomic E-state index is 12.6. The molecule has 0 amide bonds. The number of alkyl halides is 1. The van der Waals surface area contributed by atoms with Crippen molar-refractivity contribution < 1.29 is 9.13 Å². The van der Waals surface area contributed by atoms with Gasteiger partial charge in [-0.15, -0.1) is 0 Å². The quantitative estimate of drug-likeness (QED) is 0.562. The minimum atomic E-state index is -0.501. The van der Waals surface area contributed by atoms with Crippen LogP contribution in [0, 0.1) is 0 Å². The van der Waals surface area contributed by atoms with E-state index in [0.717, 1.165) is 35.2 Å². The average Bonchev–Trinajstić information content (AvgIpc) is 2.69. The molecule has 0 aliphatic heterocycles. The van der Waals surface area contributed by atoms with Crippen molar-refractivity contribution in [3.63, 3.8) is 0 Å². The van der Waals surface area contributed by atoms with Crippen LogP contribution in [0.3, 0.4) is 0 Å². The van der Waals surface area contributed by atoms with Crippen LogP contribution in [0.4, 0.5) is 10.1 Å². The third kappa shape index (κ3) is 3.96. The Morgan fingerprint density at radius 3 is 2.38 bits per heavy atom. The first kappa shape index (κ1) is 18.2. The van der Waals surface area contributed by atoms with Crippen LogP contribution in [0.5, 0.6) is 5.75 Å². The Kier molecular flexibility index (Phi) is 5.71. The van der Waals surface area contributed by atoms with E-state index in [2.05, 4.69) is 43.0 Å². The van der Waals surface area contributed by atoms with Gasteiger partial charge in [0, 0.05) is 29.7 Å². The van der Waals surface area contributed by atoms with Crippen molar-refractivity contribution in [2.45, 2.75) is 26.9 Å². The molecule has 0 aliphatic carbocycles. The van der Waals surface area contributed by atoms with Gasteiger partial charge in [-0.1, -0.05) is 18.2 Å². The zero-order valence-electron chi connectivity index (χ0n) is 15.6. The maximum atomic E-state index is 12.6. The molecule has 3 aromatic rings. The van der Waals surface area contributed by atoms with Crippen LogP contribution in [-0.2, 0) is 0 Å². The lowest BCUT2D eigenvalue weighted by Gasteiger charge is -2.21. The highest BCUT2D eigenvalue weighted by atomic mass is 19.1. The molecule has 0 aliphatic rings. The number of ether oxygens (including phenoxy) is 1. The Morgan fingerprint density at radius 2 is 1.73 bits per heavy atom. The monoisotopic (exact) mass is 352 g/mol. The minimum absolute atomic E-state index is 0.441. The van der Waals surface area contributed by atoms with E-state index in [9.17, 15) is 4.39 Å². The topological polar surface area (TPSA) is 25.4 Å². The molecule has 1 aromatic heterocycles. The Morgan fingerprint density at radius 1 is 1.00 bits per heavy atom. The van der Waals surface area contributed by atoms with Crippen molar-refractivity contribution in [2.24, 2.45) is 0 Å². The molecule has 1 unspecified atom stereocenters. The zero-order chi connectivity index (χ0) is 18.5. The molecule has 0 spiro atoms. The lowest BCUT2D eigenvalue weighted by atomic mass is 10.1. The maximum Gasteiger partial charge on any atom is 0.126 e. The largest absolute Gasteiger partial charge is 0.488 e. The first-order chi connectivity index (χ1) is 12.6. The van der Waals surface area contributed by atoms with Crippen molar-refractivity contribution in [3.05, 3.63) is 54.6 Å². The van der Waals surface area contributed by atoms with Crippen molar-refractivity contribution in [1.29, 1.82) is 0 Å². The fraction of sp³-hybridized carbons (Fsp3) is 0.318. The van der Waals surface area contributed by atoms with Crippen LogP contribution in [0.25, 0.3) is 22.2 Å². The molecule has 1 heterocycles. The first-order valence-corrected chi connectivity index (χ1v) is 9.13. The molecule has 4 heteroatoms. The molecule has 0 bridgehead atoms. The summed E-state index contributed by atoms with van der Waals surface area (Å²) in [5.41, 5.74) is 4.16. The molecular formula is C22H25FN2O. The molecule has 0 saturated carbocycles. The number of pyridine rings is 1. The summed E-state index contributed by atoms with van der Waals surface area (Å²) in [6.45, 7) is 7.53. The Bertz CT molecular complexity index is 860. The second-order valence-corrected chi connectivity index (χ2v) is 6.35. The number of anilines is 1. The van der Waals surface area contributed by atoms with Crippen molar-refractivity contribution in [2.75, 3.05) is 24.7 Å². The van der Waals surface area contributed by atoms with Gasteiger partial charge in [0.15, 0.2) is 0 Å². The lowest BCUT2D eigenvalue weighted by Crippen LogP contribution is -2.21. The van der Waals surface area contributed by atoms with E-state index in [1.807, 2.05) is 30.3 Å². The van der Waals surface area contributed by atoms with E-state index in [1.165, 1.54) is 5.69 Å². The Labute approximate surface area is 154 Å². The van der Waals surface area contributed by atoms with E-state index in [4.69, 9.17) is 9.72 Å². The smallest absolute Gasteiger partial charge is 0.126 e. The Balaban J connectivity index is 1.85. The van der Waals surface area contributed by atoms with Gasteiger partial charge in [0.05, 0.1) is 11.2 Å². The Hall–Kier alpha value is -2.62. The van der Waals surface area contributed by atoms with E-state index in [1.54, 1.807) is 6.92 Å². The fourth-order valence-corrected chi connectivity index (χ4v) is 3.03. The minimum Gasteiger partial charge on any atom is -0.488 e. The highest BCUT2D eigenvalue weighted by Crippen LogP contribution is 2.26. The summed E-state index contributed by atoms with van der Waals surface area (Å²) in [6, 6.07) is 18.2. The van der Waals surface area contributed by atoms with Crippen LogP contribution >= 0.6 is 0 Å². The highest BCUT2D eigenvalue weighted by molar-refractivity contribution is 5.83. The first-order valence-electron chi connectivity index (χ1n) is 9.13. The number of hydrogen-bond donors (Lipinski definition) is 0. The van der Waals surface area contributed by atoms with Gasteiger partial charge in [-0.2, -0.15) is 0 Å². The summed E-state index contributed by atoms with van der Waals surface area (Å²) in [4.78, 5) is 7.07. The van der Waals surface area contributed by atoms with Crippen molar-refractivity contribution in [3.8, 4) is 17.0 Å². The fourth-order valence-electron chi connectivity index (χ4n) is 3.03. The van der Waals surface area contributed by atoms with Crippen LogP contribution in [-0.4, -0.2) is 30.9 Å². The number of rotatable bonds is 7. The third-order valence-electron chi connectivity index (χ3n) is 4.51. The molecule has 0 saturated heterocycles. The summed E-state index contributed by atoms with van der Waals surface area (Å²) in [5, 5.41) is 0.983. The third-order valence-corrected chi connectivity index (χ3v) is 4.51. The van der Waals surface area contributed by atoms with E-state index in [0.29, 0.717) is 5.75 Å². The van der Waals surface area contributed by atoms with Crippen molar-refractivity contribution >= 4 is 16.6 Å². The molecule has 26 heavy (non-hydrogen) atoms. The number of fused-ring (bicyclic) bond motifs is 1. The predicted molar refractivity (Wildman–Crippen MR) is 107 cm³/mol. The second kappa shape index (κ2) is 8.17. The molecule has 1 atom stereocenters. The number of aromatic nitrogens is 1. The van der Waals surface area contributed by atoms with E-state index in [-0.39, 0.29) is 0 Å². The van der Waals surface area contributed by atoms with Gasteiger partial charge in [-0.3, -0.25) is 0 Å². The summed E-state index contributed by atoms with van der Waals surface area (Å²) in [7, 11) is 0. The molecule has 0 fully saturated rings. The SMILES string of the molecule is CCN(CC)c1ccc(-c2ccc3cc(OC(C)CF)ccc3n2)cc1. The summed E-state index contributed by atoms with van der Waals surface area (Å²) in [6.07, 6.45) is -0.441. The normalized spacial score (nSPS) is 12.2. The molecular weight excluding hydrogens is 327 g/mol. The highest BCUT2D eigenvalue weighted by Gasteiger charge is 2.07.